The molecule has 0 aromatic rings. The molecular formula is C9H17ClO2. The van der Waals surface area contributed by atoms with Crippen molar-refractivity contribution in [2.45, 2.75) is 45.7 Å². The van der Waals surface area contributed by atoms with Crippen LogP contribution in [-0.2, 0) is 9.47 Å². The van der Waals surface area contributed by atoms with Crippen molar-refractivity contribution in [2.24, 2.45) is 5.92 Å². The Labute approximate surface area is 79.2 Å². The first-order valence-corrected chi connectivity index (χ1v) is 5.03. The van der Waals surface area contributed by atoms with E-state index in [9.17, 15) is 0 Å². The van der Waals surface area contributed by atoms with Gasteiger partial charge in [0.25, 0.3) is 0 Å². The van der Waals surface area contributed by atoms with Crippen molar-refractivity contribution in [3.8, 4) is 0 Å². The van der Waals surface area contributed by atoms with Crippen molar-refractivity contribution in [1.82, 2.24) is 0 Å². The van der Waals surface area contributed by atoms with Crippen LogP contribution >= 0.6 is 11.6 Å². The molecule has 0 spiro atoms. The summed E-state index contributed by atoms with van der Waals surface area (Å²) in [5, 5.41) is 0. The van der Waals surface area contributed by atoms with Gasteiger partial charge in [0.2, 0.25) is 0 Å². The highest BCUT2D eigenvalue weighted by atomic mass is 35.5. The van der Waals surface area contributed by atoms with Crippen LogP contribution in [0.4, 0.5) is 0 Å². The molecule has 0 amide bonds. The van der Waals surface area contributed by atoms with Gasteiger partial charge in [-0.1, -0.05) is 6.92 Å². The van der Waals surface area contributed by atoms with Crippen LogP contribution in [0.15, 0.2) is 0 Å². The quantitative estimate of drug-likeness (QED) is 0.594. The summed E-state index contributed by atoms with van der Waals surface area (Å²) in [6, 6.07) is 0. The number of rotatable bonds is 1. The molecule has 12 heavy (non-hydrogen) atoms. The molecule has 0 aromatic carbocycles. The predicted molar refractivity (Wildman–Crippen MR) is 49.4 cm³/mol. The van der Waals surface area contributed by atoms with Gasteiger partial charge in [-0.2, -0.15) is 0 Å². The van der Waals surface area contributed by atoms with E-state index in [1.807, 2.05) is 0 Å². The molecule has 1 fully saturated rings. The number of ether oxygens (including phenoxy) is 2. The highest BCUT2D eigenvalue weighted by Crippen LogP contribution is 2.23. The van der Waals surface area contributed by atoms with Crippen molar-refractivity contribution >= 4 is 11.6 Å². The van der Waals surface area contributed by atoms with Gasteiger partial charge in [-0.15, -0.1) is 11.6 Å². The molecule has 1 heterocycles. The Bertz CT molecular complexity index is 140. The van der Waals surface area contributed by atoms with Gasteiger partial charge in [-0.25, -0.2) is 0 Å². The van der Waals surface area contributed by atoms with E-state index < -0.39 is 0 Å². The Morgan fingerprint density at radius 2 is 1.92 bits per heavy atom. The van der Waals surface area contributed by atoms with E-state index in [4.69, 9.17) is 21.1 Å². The van der Waals surface area contributed by atoms with Crippen molar-refractivity contribution in [3.05, 3.63) is 0 Å². The zero-order valence-electron chi connectivity index (χ0n) is 7.92. The lowest BCUT2D eigenvalue weighted by molar-refractivity contribution is -0.157. The maximum absolute atomic E-state index is 5.68. The number of hydrogen-bond donors (Lipinski definition) is 0. The summed E-state index contributed by atoms with van der Waals surface area (Å²) < 4.78 is 11.1. The maximum atomic E-state index is 5.68. The standard InChI is InChI=1S/C9H17ClO2/c1-6-4-7(2)11-9(5-10)12-8(6)3/h6-9H,4-5H2,1-3H3. The van der Waals surface area contributed by atoms with Crippen molar-refractivity contribution in [1.29, 1.82) is 0 Å². The molecule has 72 valence electrons. The summed E-state index contributed by atoms with van der Waals surface area (Å²) in [6.07, 6.45) is 1.34. The van der Waals surface area contributed by atoms with Gasteiger partial charge in [0.1, 0.15) is 0 Å². The van der Waals surface area contributed by atoms with E-state index in [1.165, 1.54) is 0 Å². The van der Waals surface area contributed by atoms with Crippen LogP contribution in [0.5, 0.6) is 0 Å². The molecule has 0 saturated carbocycles. The summed E-state index contributed by atoms with van der Waals surface area (Å²) in [4.78, 5) is 0. The Morgan fingerprint density at radius 1 is 1.25 bits per heavy atom. The lowest BCUT2D eigenvalue weighted by Gasteiger charge is -2.19. The van der Waals surface area contributed by atoms with Crippen LogP contribution in [0.1, 0.15) is 27.2 Å². The molecule has 0 aromatic heterocycles. The first kappa shape index (κ1) is 10.3. The van der Waals surface area contributed by atoms with Crippen molar-refractivity contribution in [2.75, 3.05) is 5.88 Å². The molecule has 0 bridgehead atoms. The van der Waals surface area contributed by atoms with Crippen LogP contribution in [-0.4, -0.2) is 24.4 Å². The smallest absolute Gasteiger partial charge is 0.171 e. The minimum atomic E-state index is -0.221. The zero-order valence-corrected chi connectivity index (χ0v) is 8.67. The van der Waals surface area contributed by atoms with E-state index in [1.54, 1.807) is 0 Å². The fourth-order valence-electron chi connectivity index (χ4n) is 1.51. The summed E-state index contributed by atoms with van der Waals surface area (Å²) in [5.41, 5.74) is 0. The molecule has 3 heteroatoms. The van der Waals surface area contributed by atoms with Crippen LogP contribution in [0, 0.1) is 5.92 Å². The molecule has 4 unspecified atom stereocenters. The van der Waals surface area contributed by atoms with Gasteiger partial charge in [-0.05, 0) is 26.2 Å². The van der Waals surface area contributed by atoms with Crippen LogP contribution in [0.2, 0.25) is 0 Å². The fourth-order valence-corrected chi connectivity index (χ4v) is 1.65. The Hall–Kier alpha value is 0.210. The molecule has 1 aliphatic rings. The SMILES string of the molecule is CC1CC(C)C(C)OC(CCl)O1. The predicted octanol–water partition coefficient (Wildman–Crippen LogP) is 2.40. The second-order valence-electron chi connectivity index (χ2n) is 3.58. The molecule has 1 aliphatic heterocycles. The first-order chi connectivity index (χ1) is 5.63. The van der Waals surface area contributed by atoms with Gasteiger partial charge < -0.3 is 9.47 Å². The molecule has 0 aliphatic carbocycles. The van der Waals surface area contributed by atoms with E-state index in [0.29, 0.717) is 11.8 Å². The average Bonchev–Trinajstić information content (AvgIpc) is 2.12. The van der Waals surface area contributed by atoms with E-state index in [-0.39, 0.29) is 18.5 Å². The van der Waals surface area contributed by atoms with Crippen LogP contribution < -0.4 is 0 Å². The Balaban J connectivity index is 2.53. The molecule has 0 radical (unpaired) electrons. The lowest BCUT2D eigenvalue weighted by Crippen LogP contribution is -2.24. The average molecular weight is 193 g/mol. The molecule has 1 saturated heterocycles. The van der Waals surface area contributed by atoms with Gasteiger partial charge in [0.05, 0.1) is 18.1 Å². The molecule has 4 atom stereocenters. The van der Waals surface area contributed by atoms with Crippen LogP contribution in [0.3, 0.4) is 0 Å². The zero-order chi connectivity index (χ0) is 9.14. The first-order valence-electron chi connectivity index (χ1n) is 4.50. The minimum absolute atomic E-state index is 0.221. The monoisotopic (exact) mass is 192 g/mol. The normalized spacial score (nSPS) is 44.0. The van der Waals surface area contributed by atoms with Gasteiger partial charge in [0.15, 0.2) is 6.29 Å². The fraction of sp³-hybridized carbons (Fsp3) is 1.00. The third-order valence-corrected chi connectivity index (χ3v) is 2.63. The van der Waals surface area contributed by atoms with E-state index >= 15 is 0 Å². The number of hydrogen-bond acceptors (Lipinski definition) is 2. The van der Waals surface area contributed by atoms with Crippen LogP contribution in [0.25, 0.3) is 0 Å². The summed E-state index contributed by atoms with van der Waals surface area (Å²) in [5.74, 6) is 0.967. The van der Waals surface area contributed by atoms with E-state index in [2.05, 4.69) is 20.8 Å². The molecule has 1 rings (SSSR count). The summed E-state index contributed by atoms with van der Waals surface area (Å²) >= 11 is 5.68. The number of halogens is 1. The molecule has 0 N–H and O–H groups in total. The Kier molecular flexibility index (Phi) is 3.81. The minimum Gasteiger partial charge on any atom is -0.348 e. The number of alkyl halides is 1. The van der Waals surface area contributed by atoms with Gasteiger partial charge >= 0.3 is 0 Å². The maximum Gasteiger partial charge on any atom is 0.171 e. The van der Waals surface area contributed by atoms with Crippen molar-refractivity contribution < 1.29 is 9.47 Å². The third-order valence-electron chi connectivity index (χ3n) is 2.38. The molecule has 2 nitrogen and oxygen atoms in total. The lowest BCUT2D eigenvalue weighted by atomic mass is 10.00. The second-order valence-corrected chi connectivity index (χ2v) is 3.89. The second kappa shape index (κ2) is 4.45. The summed E-state index contributed by atoms with van der Waals surface area (Å²) in [6.45, 7) is 6.32. The summed E-state index contributed by atoms with van der Waals surface area (Å²) in [7, 11) is 0. The van der Waals surface area contributed by atoms with Gasteiger partial charge in [-0.3, -0.25) is 0 Å². The topological polar surface area (TPSA) is 18.5 Å². The highest BCUT2D eigenvalue weighted by molar-refractivity contribution is 6.18. The largest absolute Gasteiger partial charge is 0.348 e. The van der Waals surface area contributed by atoms with Gasteiger partial charge in [0, 0.05) is 0 Å². The third kappa shape index (κ3) is 2.61. The Morgan fingerprint density at radius 3 is 2.50 bits per heavy atom. The van der Waals surface area contributed by atoms with Crippen molar-refractivity contribution in [3.63, 3.8) is 0 Å². The van der Waals surface area contributed by atoms with E-state index in [0.717, 1.165) is 6.42 Å². The molecular weight excluding hydrogens is 176 g/mol. The highest BCUT2D eigenvalue weighted by Gasteiger charge is 2.26.